The van der Waals surface area contributed by atoms with E-state index in [4.69, 9.17) is 0 Å². The average molecular weight is 492 g/mol. The zero-order chi connectivity index (χ0) is 25.2. The lowest BCUT2D eigenvalue weighted by Gasteiger charge is -2.09. The van der Waals surface area contributed by atoms with Crippen LogP contribution in [-0.4, -0.2) is 12.7 Å². The Balaban J connectivity index is 1.50. The number of alkyl halides is 6. The predicted molar refractivity (Wildman–Crippen MR) is 113 cm³/mol. The molecule has 2 aromatic heterocycles. The molecule has 0 aliphatic carbocycles. The molecular formula is C25H18F6N2O2+2. The number of rotatable bonds is 5. The highest BCUT2D eigenvalue weighted by Crippen LogP contribution is 2.25. The van der Waals surface area contributed by atoms with Crippen LogP contribution in [0.5, 0.6) is 11.5 Å². The van der Waals surface area contributed by atoms with Gasteiger partial charge in [0.25, 0.3) is 0 Å². The Morgan fingerprint density at radius 3 is 1.43 bits per heavy atom. The van der Waals surface area contributed by atoms with Gasteiger partial charge in [0, 0.05) is 48.0 Å². The molecular weight excluding hydrogens is 474 g/mol. The van der Waals surface area contributed by atoms with E-state index in [0.717, 1.165) is 16.7 Å². The lowest BCUT2D eigenvalue weighted by molar-refractivity contribution is -0.596. The van der Waals surface area contributed by atoms with Gasteiger partial charge in [0.1, 0.15) is 11.5 Å². The predicted octanol–water partition coefficient (Wildman–Crippen LogP) is 6.01. The van der Waals surface area contributed by atoms with Crippen molar-refractivity contribution in [3.8, 4) is 34.0 Å². The van der Waals surface area contributed by atoms with Crippen molar-refractivity contribution < 1.29 is 45.0 Å². The van der Waals surface area contributed by atoms with E-state index in [2.05, 4.69) is 9.47 Å². The molecule has 2 heterocycles. The summed E-state index contributed by atoms with van der Waals surface area (Å²) in [5.41, 5.74) is 4.11. The molecule has 4 nitrogen and oxygen atoms in total. The van der Waals surface area contributed by atoms with E-state index in [1.807, 2.05) is 31.3 Å². The first kappa shape index (κ1) is 24.1. The molecule has 0 atom stereocenters. The molecule has 35 heavy (non-hydrogen) atoms. The largest absolute Gasteiger partial charge is 0.573 e. The van der Waals surface area contributed by atoms with Crippen LogP contribution < -0.4 is 18.6 Å². The maximum absolute atomic E-state index is 12.3. The van der Waals surface area contributed by atoms with Gasteiger partial charge in [-0.05, 0) is 42.3 Å². The number of nitrogens with zero attached hydrogens (tertiary/aromatic N) is 2. The quantitative estimate of drug-likeness (QED) is 0.252. The molecule has 10 heteroatoms. The minimum atomic E-state index is -4.74. The van der Waals surface area contributed by atoms with Crippen LogP contribution in [-0.2, 0) is 0 Å². The Morgan fingerprint density at radius 2 is 1.00 bits per heavy atom. The molecule has 0 unspecified atom stereocenters. The highest BCUT2D eigenvalue weighted by atomic mass is 19.4. The van der Waals surface area contributed by atoms with E-state index in [0.29, 0.717) is 11.4 Å². The molecule has 0 saturated carbocycles. The van der Waals surface area contributed by atoms with Crippen LogP contribution in [0.1, 0.15) is 5.56 Å². The van der Waals surface area contributed by atoms with Gasteiger partial charge in [0.2, 0.25) is 11.4 Å². The van der Waals surface area contributed by atoms with Crippen molar-refractivity contribution >= 4 is 0 Å². The Hall–Kier alpha value is -4.08. The maximum Gasteiger partial charge on any atom is 0.573 e. The molecule has 0 aliphatic rings. The normalized spacial score (nSPS) is 11.9. The lowest BCUT2D eigenvalue weighted by atomic mass is 10.0. The molecule has 2 aromatic carbocycles. The Labute approximate surface area is 196 Å². The van der Waals surface area contributed by atoms with Crippen LogP contribution in [0.4, 0.5) is 26.3 Å². The first-order chi connectivity index (χ1) is 16.5. The number of hydrogen-bond donors (Lipinski definition) is 0. The van der Waals surface area contributed by atoms with Crippen LogP contribution in [0.2, 0.25) is 0 Å². The van der Waals surface area contributed by atoms with Gasteiger partial charge in [-0.3, -0.25) is 0 Å². The number of pyridine rings is 2. The number of halogens is 6. The third-order valence-corrected chi connectivity index (χ3v) is 5.04. The Kier molecular flexibility index (Phi) is 6.38. The van der Waals surface area contributed by atoms with Gasteiger partial charge in [-0.15, -0.1) is 26.3 Å². The SMILES string of the molecule is Cc1c[n+](-c2ccc(OC(F)(F)F)cc2)ccc1-c1cc[n+](-c2ccc(OC(F)(F)F)cc2)cc1. The summed E-state index contributed by atoms with van der Waals surface area (Å²) in [4.78, 5) is 0. The van der Waals surface area contributed by atoms with E-state index in [1.165, 1.54) is 48.5 Å². The fourth-order valence-electron chi connectivity index (χ4n) is 3.51. The summed E-state index contributed by atoms with van der Waals surface area (Å²) in [6, 6.07) is 16.7. The smallest absolute Gasteiger partial charge is 0.406 e. The van der Waals surface area contributed by atoms with Crippen LogP contribution in [0.3, 0.4) is 0 Å². The summed E-state index contributed by atoms with van der Waals surface area (Å²) in [6.45, 7) is 1.91. The first-order valence-corrected chi connectivity index (χ1v) is 10.2. The van der Waals surface area contributed by atoms with E-state index < -0.39 is 12.7 Å². The highest BCUT2D eigenvalue weighted by Gasteiger charge is 2.32. The second-order valence-corrected chi connectivity index (χ2v) is 7.53. The van der Waals surface area contributed by atoms with Gasteiger partial charge in [-0.25, -0.2) is 0 Å². The van der Waals surface area contributed by atoms with Crippen molar-refractivity contribution in [3.05, 3.63) is 97.1 Å². The van der Waals surface area contributed by atoms with Gasteiger partial charge in [-0.1, -0.05) is 0 Å². The molecule has 0 bridgehead atoms. The number of ether oxygens (including phenoxy) is 2. The second-order valence-electron chi connectivity index (χ2n) is 7.53. The van der Waals surface area contributed by atoms with Crippen molar-refractivity contribution in [3.63, 3.8) is 0 Å². The lowest BCUT2D eigenvalue weighted by Crippen LogP contribution is -2.30. The van der Waals surface area contributed by atoms with Gasteiger partial charge in [0.15, 0.2) is 24.8 Å². The number of hydrogen-bond acceptors (Lipinski definition) is 2. The Bertz CT molecular complexity index is 1300. The van der Waals surface area contributed by atoms with E-state index >= 15 is 0 Å². The fourth-order valence-corrected chi connectivity index (χ4v) is 3.51. The summed E-state index contributed by atoms with van der Waals surface area (Å²) >= 11 is 0. The molecule has 0 aliphatic heterocycles. The van der Waals surface area contributed by atoms with Crippen molar-refractivity contribution in [2.24, 2.45) is 0 Å². The van der Waals surface area contributed by atoms with Crippen molar-refractivity contribution in [1.82, 2.24) is 0 Å². The van der Waals surface area contributed by atoms with Crippen LogP contribution in [0.25, 0.3) is 22.5 Å². The van der Waals surface area contributed by atoms with Gasteiger partial charge < -0.3 is 9.47 Å². The van der Waals surface area contributed by atoms with Crippen molar-refractivity contribution in [2.45, 2.75) is 19.6 Å². The summed E-state index contributed by atoms with van der Waals surface area (Å²) in [5, 5.41) is 0. The highest BCUT2D eigenvalue weighted by molar-refractivity contribution is 5.65. The molecule has 4 rings (SSSR count). The van der Waals surface area contributed by atoms with Gasteiger partial charge in [-0.2, -0.15) is 9.13 Å². The fraction of sp³-hybridized carbons (Fsp3) is 0.120. The van der Waals surface area contributed by atoms with Gasteiger partial charge >= 0.3 is 12.7 Å². The molecule has 0 fully saturated rings. The molecule has 4 aromatic rings. The minimum absolute atomic E-state index is 0.296. The molecule has 0 saturated heterocycles. The van der Waals surface area contributed by atoms with E-state index in [9.17, 15) is 26.3 Å². The summed E-state index contributed by atoms with van der Waals surface area (Å²) in [6.07, 6.45) is -2.26. The molecule has 0 spiro atoms. The Morgan fingerprint density at radius 1 is 0.571 bits per heavy atom. The molecule has 0 amide bonds. The second kappa shape index (κ2) is 9.28. The summed E-state index contributed by atoms with van der Waals surface area (Å²) in [7, 11) is 0. The van der Waals surface area contributed by atoms with Crippen LogP contribution >= 0.6 is 0 Å². The topological polar surface area (TPSA) is 26.2 Å². The first-order valence-electron chi connectivity index (χ1n) is 10.2. The molecule has 0 N–H and O–H groups in total. The van der Waals surface area contributed by atoms with E-state index in [-0.39, 0.29) is 11.5 Å². The van der Waals surface area contributed by atoms with Crippen molar-refractivity contribution in [2.75, 3.05) is 0 Å². The zero-order valence-electron chi connectivity index (χ0n) is 18.1. The van der Waals surface area contributed by atoms with E-state index in [1.54, 1.807) is 27.7 Å². The summed E-state index contributed by atoms with van der Waals surface area (Å²) < 4.78 is 85.3. The average Bonchev–Trinajstić information content (AvgIpc) is 2.78. The number of aryl methyl sites for hydroxylation is 1. The number of benzene rings is 2. The summed E-state index contributed by atoms with van der Waals surface area (Å²) in [5.74, 6) is -0.593. The molecule has 180 valence electrons. The van der Waals surface area contributed by atoms with Crippen molar-refractivity contribution in [1.29, 1.82) is 0 Å². The zero-order valence-corrected chi connectivity index (χ0v) is 18.1. The minimum Gasteiger partial charge on any atom is -0.406 e. The third-order valence-electron chi connectivity index (χ3n) is 5.04. The number of aromatic nitrogens is 2. The standard InChI is InChI=1S/C25H18F6N2O2/c1-17-16-33(20-4-8-22(9-5-20)35-25(29,30)31)15-12-23(17)18-10-13-32(14-11-18)19-2-6-21(7-3-19)34-24(26,27)28/h2-16H,1H3/q+2. The van der Waals surface area contributed by atoms with Crippen LogP contribution in [0, 0.1) is 6.92 Å². The molecule has 0 radical (unpaired) electrons. The third kappa shape index (κ3) is 6.28. The maximum atomic E-state index is 12.3. The monoisotopic (exact) mass is 492 g/mol. The van der Waals surface area contributed by atoms with Crippen LogP contribution in [0.15, 0.2) is 91.5 Å². The van der Waals surface area contributed by atoms with Gasteiger partial charge in [0.05, 0.1) is 0 Å².